The minimum atomic E-state index is -0.939. The average Bonchev–Trinajstić information content (AvgIpc) is 3.38. The quantitative estimate of drug-likeness (QED) is 0.226. The monoisotopic (exact) mass is 518 g/mol. The van der Waals surface area contributed by atoms with Gasteiger partial charge in [-0.2, -0.15) is 5.10 Å². The summed E-state index contributed by atoms with van der Waals surface area (Å²) in [5.41, 5.74) is 3.03. The third-order valence-electron chi connectivity index (χ3n) is 4.36. The van der Waals surface area contributed by atoms with E-state index in [0.29, 0.717) is 33.5 Å². The van der Waals surface area contributed by atoms with Crippen LogP contribution in [0, 0.1) is 0 Å². The molecule has 3 aromatic rings. The minimum Gasteiger partial charge on any atom is -0.493 e. The molecule has 0 aliphatic heterocycles. The minimum absolute atomic E-state index is 0.0752. The lowest BCUT2D eigenvalue weighted by molar-refractivity contribution is -0.139. The van der Waals surface area contributed by atoms with Crippen LogP contribution < -0.4 is 25.5 Å². The van der Waals surface area contributed by atoms with Crippen LogP contribution in [0.4, 0.5) is 5.69 Å². The normalized spacial score (nSPS) is 10.6. The van der Waals surface area contributed by atoms with Crippen LogP contribution >= 0.6 is 23.2 Å². The van der Waals surface area contributed by atoms with Crippen molar-refractivity contribution < 1.29 is 28.3 Å². The van der Waals surface area contributed by atoms with E-state index in [-0.39, 0.29) is 18.2 Å². The molecule has 0 bridgehead atoms. The Morgan fingerprint density at radius 2 is 1.89 bits per heavy atom. The Kier molecular flexibility index (Phi) is 9.10. The molecule has 0 saturated carbocycles. The van der Waals surface area contributed by atoms with E-state index in [0.717, 1.165) is 0 Å². The van der Waals surface area contributed by atoms with E-state index in [1.807, 2.05) is 0 Å². The van der Waals surface area contributed by atoms with Crippen LogP contribution in [0.25, 0.3) is 0 Å². The van der Waals surface area contributed by atoms with E-state index in [4.69, 9.17) is 37.1 Å². The number of hydrogen-bond donors (Lipinski definition) is 3. The first kappa shape index (κ1) is 25.6. The highest BCUT2D eigenvalue weighted by molar-refractivity contribution is 6.44. The predicted molar refractivity (Wildman–Crippen MR) is 130 cm³/mol. The van der Waals surface area contributed by atoms with Gasteiger partial charge >= 0.3 is 11.8 Å². The van der Waals surface area contributed by atoms with Crippen LogP contribution in [-0.4, -0.2) is 37.7 Å². The van der Waals surface area contributed by atoms with E-state index in [1.165, 1.54) is 19.6 Å². The van der Waals surface area contributed by atoms with Gasteiger partial charge in [0.2, 0.25) is 0 Å². The van der Waals surface area contributed by atoms with Crippen LogP contribution in [0.2, 0.25) is 10.0 Å². The molecule has 0 fully saturated rings. The summed E-state index contributed by atoms with van der Waals surface area (Å²) in [4.78, 5) is 35.8. The second-order valence-electron chi connectivity index (χ2n) is 6.81. The van der Waals surface area contributed by atoms with Gasteiger partial charge in [-0.1, -0.05) is 29.3 Å². The van der Waals surface area contributed by atoms with E-state index in [1.54, 1.807) is 48.5 Å². The zero-order valence-electron chi connectivity index (χ0n) is 18.3. The number of nitrogens with zero attached hydrogens (tertiary/aromatic N) is 1. The molecule has 3 N–H and O–H groups in total. The number of ether oxygens (including phenoxy) is 2. The SMILES string of the molecule is COc1cc(/C=N\NC(=O)C(=O)NCc2ccco2)ccc1OCC(=O)Nc1cccc(Cl)c1Cl. The number of carbonyl (C=O) groups is 3. The third kappa shape index (κ3) is 7.49. The Labute approximate surface area is 210 Å². The van der Waals surface area contributed by atoms with Gasteiger partial charge in [0.25, 0.3) is 5.91 Å². The summed E-state index contributed by atoms with van der Waals surface area (Å²) in [6, 6.07) is 13.0. The molecule has 0 unspecified atom stereocenters. The molecule has 0 aliphatic carbocycles. The van der Waals surface area contributed by atoms with E-state index in [9.17, 15) is 14.4 Å². The van der Waals surface area contributed by atoms with Crippen LogP contribution in [0.5, 0.6) is 11.5 Å². The van der Waals surface area contributed by atoms with E-state index >= 15 is 0 Å². The van der Waals surface area contributed by atoms with Crippen LogP contribution in [0.1, 0.15) is 11.3 Å². The number of anilines is 1. The molecule has 0 aliphatic rings. The number of nitrogens with one attached hydrogen (secondary N) is 3. The Hall–Kier alpha value is -4.02. The van der Waals surface area contributed by atoms with Crippen molar-refractivity contribution in [2.24, 2.45) is 5.10 Å². The topological polar surface area (TPSA) is 131 Å². The number of furan rings is 1. The molecule has 10 nitrogen and oxygen atoms in total. The first-order valence-corrected chi connectivity index (χ1v) is 10.8. The van der Waals surface area contributed by atoms with Gasteiger partial charge in [0.05, 0.1) is 41.9 Å². The van der Waals surface area contributed by atoms with Crippen molar-refractivity contribution >= 4 is 52.8 Å². The zero-order chi connectivity index (χ0) is 25.2. The number of amides is 3. The molecule has 35 heavy (non-hydrogen) atoms. The summed E-state index contributed by atoms with van der Waals surface area (Å²) >= 11 is 12.0. The van der Waals surface area contributed by atoms with Gasteiger partial charge < -0.3 is 24.5 Å². The fourth-order valence-electron chi connectivity index (χ4n) is 2.69. The molecule has 1 heterocycles. The van der Waals surface area contributed by atoms with Crippen molar-refractivity contribution in [2.45, 2.75) is 6.54 Å². The number of methoxy groups -OCH3 is 1. The molecule has 3 rings (SSSR count). The number of carbonyl (C=O) groups excluding carboxylic acids is 3. The Balaban J connectivity index is 1.51. The van der Waals surface area contributed by atoms with E-state index in [2.05, 4.69) is 21.2 Å². The smallest absolute Gasteiger partial charge is 0.329 e. The van der Waals surface area contributed by atoms with Crippen LogP contribution in [-0.2, 0) is 20.9 Å². The lowest BCUT2D eigenvalue weighted by atomic mass is 10.2. The highest BCUT2D eigenvalue weighted by atomic mass is 35.5. The highest BCUT2D eigenvalue weighted by Crippen LogP contribution is 2.30. The number of benzene rings is 2. The van der Waals surface area contributed by atoms with E-state index < -0.39 is 17.7 Å². The Bertz CT molecular complexity index is 1230. The summed E-state index contributed by atoms with van der Waals surface area (Å²) in [7, 11) is 1.43. The van der Waals surface area contributed by atoms with Gasteiger partial charge in [-0.15, -0.1) is 0 Å². The first-order chi connectivity index (χ1) is 16.9. The summed E-state index contributed by atoms with van der Waals surface area (Å²) in [6.07, 6.45) is 2.78. The molecule has 12 heteroatoms. The Morgan fingerprint density at radius 3 is 2.63 bits per heavy atom. The second kappa shape index (κ2) is 12.4. The second-order valence-corrected chi connectivity index (χ2v) is 7.59. The maximum absolute atomic E-state index is 12.2. The summed E-state index contributed by atoms with van der Waals surface area (Å²) in [5.74, 6) is -1.11. The number of rotatable bonds is 9. The number of halogens is 2. The first-order valence-electron chi connectivity index (χ1n) is 10.1. The predicted octanol–water partition coefficient (Wildman–Crippen LogP) is 3.38. The largest absolute Gasteiger partial charge is 0.493 e. The fraction of sp³-hybridized carbons (Fsp3) is 0.130. The van der Waals surface area contributed by atoms with Crippen molar-refractivity contribution in [3.8, 4) is 11.5 Å². The van der Waals surface area contributed by atoms with Crippen LogP contribution in [0.3, 0.4) is 0 Å². The summed E-state index contributed by atoms with van der Waals surface area (Å²) in [6.45, 7) is -0.235. The highest BCUT2D eigenvalue weighted by Gasteiger charge is 2.13. The van der Waals surface area contributed by atoms with Crippen molar-refractivity contribution in [1.82, 2.24) is 10.7 Å². The van der Waals surface area contributed by atoms with Crippen molar-refractivity contribution in [1.29, 1.82) is 0 Å². The molecular weight excluding hydrogens is 499 g/mol. The molecule has 0 spiro atoms. The molecule has 3 amide bonds. The van der Waals surface area contributed by atoms with Gasteiger partial charge in [0, 0.05) is 0 Å². The molecule has 182 valence electrons. The van der Waals surface area contributed by atoms with Gasteiger partial charge in [-0.25, -0.2) is 5.43 Å². The molecule has 1 aromatic heterocycles. The van der Waals surface area contributed by atoms with Gasteiger partial charge in [0.15, 0.2) is 18.1 Å². The lowest BCUT2D eigenvalue weighted by Gasteiger charge is -2.12. The maximum atomic E-state index is 12.2. The number of hydrogen-bond acceptors (Lipinski definition) is 7. The maximum Gasteiger partial charge on any atom is 0.329 e. The fourth-order valence-corrected chi connectivity index (χ4v) is 3.04. The molecular formula is C23H20Cl2N4O6. The van der Waals surface area contributed by atoms with Crippen molar-refractivity contribution in [3.05, 3.63) is 76.2 Å². The molecule has 0 radical (unpaired) electrons. The lowest BCUT2D eigenvalue weighted by Crippen LogP contribution is -2.37. The third-order valence-corrected chi connectivity index (χ3v) is 5.18. The van der Waals surface area contributed by atoms with Gasteiger partial charge in [-0.05, 0) is 48.0 Å². The van der Waals surface area contributed by atoms with Crippen molar-refractivity contribution in [3.63, 3.8) is 0 Å². The Morgan fingerprint density at radius 1 is 1.06 bits per heavy atom. The molecule has 0 atom stereocenters. The summed E-state index contributed by atoms with van der Waals surface area (Å²) in [5, 5.41) is 9.31. The average molecular weight is 519 g/mol. The standard InChI is InChI=1S/C23H20Cl2N4O6/c1-33-19-10-14(11-27-29-23(32)22(31)26-12-15-4-3-9-34-15)7-8-18(19)35-13-20(30)28-17-6-2-5-16(24)21(17)25/h2-11H,12-13H2,1H3,(H,26,31)(H,28,30)(H,29,32)/b27-11-. The molecule has 2 aromatic carbocycles. The molecule has 0 saturated heterocycles. The summed E-state index contributed by atoms with van der Waals surface area (Å²) < 4.78 is 15.9. The van der Waals surface area contributed by atoms with Gasteiger partial charge in [0.1, 0.15) is 5.76 Å². The van der Waals surface area contributed by atoms with Crippen molar-refractivity contribution in [2.75, 3.05) is 19.0 Å². The zero-order valence-corrected chi connectivity index (χ0v) is 19.9. The van der Waals surface area contributed by atoms with Crippen LogP contribution in [0.15, 0.2) is 64.3 Å². The number of hydrazone groups is 1. The van der Waals surface area contributed by atoms with Gasteiger partial charge in [-0.3, -0.25) is 14.4 Å².